The van der Waals surface area contributed by atoms with E-state index in [4.69, 9.17) is 5.73 Å². The molecule has 0 radical (unpaired) electrons. The van der Waals surface area contributed by atoms with Gasteiger partial charge in [0.25, 0.3) is 0 Å². The van der Waals surface area contributed by atoms with E-state index in [0.29, 0.717) is 0 Å². The number of nitrogens with zero attached hydrogens (tertiary/aromatic N) is 1. The zero-order chi connectivity index (χ0) is 13.2. The van der Waals surface area contributed by atoms with E-state index in [1.165, 1.54) is 9.75 Å². The first-order valence-corrected chi connectivity index (χ1v) is 7.28. The summed E-state index contributed by atoms with van der Waals surface area (Å²) in [5, 5.41) is 1.14. The van der Waals surface area contributed by atoms with Crippen molar-refractivity contribution in [3.8, 4) is 0 Å². The Morgan fingerprint density at radius 3 is 2.84 bits per heavy atom. The van der Waals surface area contributed by atoms with Gasteiger partial charge in [0.05, 0.1) is 11.6 Å². The largest absolute Gasteiger partial charge is 0.320 e. The lowest BCUT2D eigenvalue weighted by atomic mass is 10.1. The first-order chi connectivity index (χ1) is 9.28. The van der Waals surface area contributed by atoms with E-state index < -0.39 is 0 Å². The van der Waals surface area contributed by atoms with Crippen LogP contribution in [-0.4, -0.2) is 4.98 Å². The molecule has 3 rings (SSSR count). The highest BCUT2D eigenvalue weighted by molar-refractivity contribution is 7.12. The van der Waals surface area contributed by atoms with E-state index in [9.17, 15) is 0 Å². The molecule has 3 heteroatoms. The summed E-state index contributed by atoms with van der Waals surface area (Å²) < 4.78 is 0. The third-order valence-corrected chi connectivity index (χ3v) is 4.62. The molecule has 0 aliphatic heterocycles. The second-order valence-corrected chi connectivity index (χ2v) is 5.80. The minimum atomic E-state index is -0.0811. The van der Waals surface area contributed by atoms with E-state index >= 15 is 0 Å². The van der Waals surface area contributed by atoms with Gasteiger partial charge in [0.2, 0.25) is 0 Å². The van der Waals surface area contributed by atoms with Crippen molar-refractivity contribution in [3.63, 3.8) is 0 Å². The van der Waals surface area contributed by atoms with Gasteiger partial charge in [-0.25, -0.2) is 0 Å². The van der Waals surface area contributed by atoms with E-state index in [0.717, 1.165) is 22.9 Å². The first kappa shape index (κ1) is 12.3. The van der Waals surface area contributed by atoms with Gasteiger partial charge in [0.1, 0.15) is 0 Å². The number of aryl methyl sites for hydroxylation is 1. The Balaban J connectivity index is 1.98. The minimum Gasteiger partial charge on any atom is -0.320 e. The normalized spacial score (nSPS) is 12.7. The molecule has 0 bridgehead atoms. The van der Waals surface area contributed by atoms with Gasteiger partial charge in [0.15, 0.2) is 0 Å². The van der Waals surface area contributed by atoms with Gasteiger partial charge in [-0.3, -0.25) is 4.98 Å². The van der Waals surface area contributed by atoms with Crippen LogP contribution >= 0.6 is 11.3 Å². The monoisotopic (exact) mass is 268 g/mol. The van der Waals surface area contributed by atoms with Gasteiger partial charge in [-0.15, -0.1) is 11.3 Å². The van der Waals surface area contributed by atoms with Crippen molar-refractivity contribution in [3.05, 3.63) is 64.0 Å². The predicted octanol–water partition coefficient (Wildman–Crippen LogP) is 3.91. The van der Waals surface area contributed by atoms with E-state index in [1.54, 1.807) is 11.3 Å². The van der Waals surface area contributed by atoms with Gasteiger partial charge >= 0.3 is 0 Å². The molecule has 96 valence electrons. The van der Waals surface area contributed by atoms with Crippen LogP contribution in [0.25, 0.3) is 10.9 Å². The zero-order valence-corrected chi connectivity index (χ0v) is 11.7. The maximum absolute atomic E-state index is 6.35. The quantitative estimate of drug-likeness (QED) is 0.782. The number of aromatic nitrogens is 1. The van der Waals surface area contributed by atoms with Crippen molar-refractivity contribution in [1.82, 2.24) is 4.98 Å². The third kappa shape index (κ3) is 2.39. The fourth-order valence-electron chi connectivity index (χ4n) is 2.17. The zero-order valence-electron chi connectivity index (χ0n) is 10.8. The van der Waals surface area contributed by atoms with Crippen LogP contribution in [0, 0.1) is 0 Å². The Morgan fingerprint density at radius 1 is 1.21 bits per heavy atom. The summed E-state index contributed by atoms with van der Waals surface area (Å²) in [7, 11) is 0. The molecule has 2 N–H and O–H groups in total. The molecule has 2 nitrogen and oxygen atoms in total. The van der Waals surface area contributed by atoms with Crippen molar-refractivity contribution in [2.75, 3.05) is 0 Å². The van der Waals surface area contributed by atoms with Gasteiger partial charge in [-0.1, -0.05) is 25.1 Å². The Hall–Kier alpha value is -1.71. The molecule has 0 amide bonds. The number of pyridine rings is 1. The van der Waals surface area contributed by atoms with E-state index in [-0.39, 0.29) is 6.04 Å². The minimum absolute atomic E-state index is 0.0811. The van der Waals surface area contributed by atoms with Crippen LogP contribution in [0.15, 0.2) is 48.7 Å². The fourth-order valence-corrected chi connectivity index (χ4v) is 3.16. The summed E-state index contributed by atoms with van der Waals surface area (Å²) in [5.74, 6) is 0. The van der Waals surface area contributed by atoms with Crippen LogP contribution < -0.4 is 5.73 Å². The molecule has 0 spiro atoms. The Bertz CT molecular complexity index is 703. The molecule has 2 heterocycles. The summed E-state index contributed by atoms with van der Waals surface area (Å²) in [6.45, 7) is 2.17. The topological polar surface area (TPSA) is 38.9 Å². The average Bonchev–Trinajstić information content (AvgIpc) is 2.95. The van der Waals surface area contributed by atoms with Crippen LogP contribution in [0.4, 0.5) is 0 Å². The third-order valence-electron chi connectivity index (χ3n) is 3.31. The smallest absolute Gasteiger partial charge is 0.0702 e. The molecule has 19 heavy (non-hydrogen) atoms. The summed E-state index contributed by atoms with van der Waals surface area (Å²) in [6.07, 6.45) is 2.95. The van der Waals surface area contributed by atoms with Crippen molar-refractivity contribution in [2.45, 2.75) is 19.4 Å². The number of rotatable bonds is 3. The predicted molar refractivity (Wildman–Crippen MR) is 81.5 cm³/mol. The number of benzene rings is 1. The Morgan fingerprint density at radius 2 is 2.05 bits per heavy atom. The molecular weight excluding hydrogens is 252 g/mol. The summed E-state index contributed by atoms with van der Waals surface area (Å²) >= 11 is 1.79. The lowest BCUT2D eigenvalue weighted by Gasteiger charge is -2.10. The number of para-hydroxylation sites is 1. The fraction of sp³-hybridized carbons (Fsp3) is 0.188. The lowest BCUT2D eigenvalue weighted by Crippen LogP contribution is -2.10. The number of hydrogen-bond donors (Lipinski definition) is 1. The van der Waals surface area contributed by atoms with Crippen LogP contribution in [0.1, 0.15) is 28.3 Å². The standard InChI is InChI=1S/C16H16N2S/c1-2-13-7-8-15(19-13)16(17)12-9-11-5-3-4-6-14(11)18-10-12/h3-10,16H,2,17H2,1H3. The van der Waals surface area contributed by atoms with Crippen LogP contribution in [0.2, 0.25) is 0 Å². The summed E-state index contributed by atoms with van der Waals surface area (Å²) in [5.41, 5.74) is 8.43. The maximum Gasteiger partial charge on any atom is 0.0702 e. The Labute approximate surface area is 116 Å². The van der Waals surface area contributed by atoms with Gasteiger partial charge in [0, 0.05) is 21.3 Å². The molecule has 0 saturated heterocycles. The van der Waals surface area contributed by atoms with Crippen molar-refractivity contribution < 1.29 is 0 Å². The SMILES string of the molecule is CCc1ccc(C(N)c2cnc3ccccc3c2)s1. The molecule has 1 atom stereocenters. The molecule has 0 saturated carbocycles. The van der Waals surface area contributed by atoms with Crippen molar-refractivity contribution in [1.29, 1.82) is 0 Å². The average molecular weight is 268 g/mol. The second kappa shape index (κ2) is 5.11. The molecule has 0 fully saturated rings. The van der Waals surface area contributed by atoms with Gasteiger partial charge in [-0.05, 0) is 36.2 Å². The molecule has 0 aliphatic carbocycles. The highest BCUT2D eigenvalue weighted by Crippen LogP contribution is 2.28. The number of hydrogen-bond acceptors (Lipinski definition) is 3. The lowest BCUT2D eigenvalue weighted by molar-refractivity contribution is 0.888. The molecule has 0 aliphatic rings. The molecule has 1 aromatic carbocycles. The number of nitrogens with two attached hydrogens (primary N) is 1. The molecule has 1 unspecified atom stereocenters. The van der Waals surface area contributed by atoms with Crippen LogP contribution in [0.3, 0.4) is 0 Å². The van der Waals surface area contributed by atoms with Gasteiger partial charge < -0.3 is 5.73 Å². The van der Waals surface area contributed by atoms with Crippen LogP contribution in [0.5, 0.6) is 0 Å². The van der Waals surface area contributed by atoms with Crippen LogP contribution in [-0.2, 0) is 6.42 Å². The number of fused-ring (bicyclic) bond motifs is 1. The Kier molecular flexibility index (Phi) is 3.32. The maximum atomic E-state index is 6.35. The first-order valence-electron chi connectivity index (χ1n) is 6.47. The molecule has 3 aromatic rings. The molecular formula is C16H16N2S. The summed E-state index contributed by atoms with van der Waals surface area (Å²) in [4.78, 5) is 7.06. The van der Waals surface area contributed by atoms with Crippen molar-refractivity contribution >= 4 is 22.2 Å². The second-order valence-electron chi connectivity index (χ2n) is 4.60. The van der Waals surface area contributed by atoms with Crippen molar-refractivity contribution in [2.24, 2.45) is 5.73 Å². The highest BCUT2D eigenvalue weighted by atomic mass is 32.1. The number of thiophene rings is 1. The van der Waals surface area contributed by atoms with Gasteiger partial charge in [-0.2, -0.15) is 0 Å². The van der Waals surface area contributed by atoms with E-state index in [1.807, 2.05) is 24.4 Å². The highest BCUT2D eigenvalue weighted by Gasteiger charge is 2.12. The van der Waals surface area contributed by atoms with E-state index in [2.05, 4.69) is 36.2 Å². The summed E-state index contributed by atoms with van der Waals surface area (Å²) in [6, 6.07) is 14.5. The molecule has 2 aromatic heterocycles.